The van der Waals surface area contributed by atoms with Gasteiger partial charge in [-0.3, -0.25) is 10.2 Å². The SMILES string of the molecule is Cc1cc(OC(C)(C)C(=O)NN2CCN(C)CC2)ccc1Cl. The molecule has 22 heavy (non-hydrogen) atoms. The predicted molar refractivity (Wildman–Crippen MR) is 88.1 cm³/mol. The van der Waals surface area contributed by atoms with Gasteiger partial charge in [0.2, 0.25) is 0 Å². The first kappa shape index (κ1) is 17.1. The number of rotatable bonds is 4. The Hall–Kier alpha value is -1.30. The molecular weight excluding hydrogens is 302 g/mol. The third-order valence-corrected chi connectivity index (χ3v) is 4.24. The number of amides is 1. The Balaban J connectivity index is 1.96. The van der Waals surface area contributed by atoms with E-state index in [0.29, 0.717) is 10.8 Å². The predicted octanol–water partition coefficient (Wildman–Crippen LogP) is 2.08. The summed E-state index contributed by atoms with van der Waals surface area (Å²) in [6, 6.07) is 5.40. The van der Waals surface area contributed by atoms with Crippen LogP contribution in [-0.2, 0) is 4.79 Å². The van der Waals surface area contributed by atoms with Crippen LogP contribution in [0.1, 0.15) is 19.4 Å². The van der Waals surface area contributed by atoms with Crippen molar-refractivity contribution in [2.24, 2.45) is 0 Å². The molecule has 0 aliphatic carbocycles. The van der Waals surface area contributed by atoms with Crippen molar-refractivity contribution in [3.05, 3.63) is 28.8 Å². The fourth-order valence-corrected chi connectivity index (χ4v) is 2.34. The maximum Gasteiger partial charge on any atom is 0.277 e. The Morgan fingerprint density at radius 3 is 2.50 bits per heavy atom. The fraction of sp³-hybridized carbons (Fsp3) is 0.562. The fourth-order valence-electron chi connectivity index (χ4n) is 2.22. The topological polar surface area (TPSA) is 44.8 Å². The summed E-state index contributed by atoms with van der Waals surface area (Å²) >= 11 is 6.01. The van der Waals surface area contributed by atoms with Gasteiger partial charge >= 0.3 is 0 Å². The number of carbonyl (C=O) groups excluding carboxylic acids is 1. The number of hydrazine groups is 1. The first-order valence-corrected chi connectivity index (χ1v) is 7.85. The van der Waals surface area contributed by atoms with Gasteiger partial charge in [-0.15, -0.1) is 0 Å². The van der Waals surface area contributed by atoms with Crippen molar-refractivity contribution in [1.29, 1.82) is 0 Å². The zero-order valence-electron chi connectivity index (χ0n) is 13.6. The van der Waals surface area contributed by atoms with E-state index in [9.17, 15) is 4.79 Å². The molecule has 1 aromatic carbocycles. The van der Waals surface area contributed by atoms with Gasteiger partial charge in [-0.25, -0.2) is 5.01 Å². The zero-order chi connectivity index (χ0) is 16.3. The number of nitrogens with zero attached hydrogens (tertiary/aromatic N) is 2. The van der Waals surface area contributed by atoms with Crippen LogP contribution in [0.2, 0.25) is 5.02 Å². The average molecular weight is 326 g/mol. The van der Waals surface area contributed by atoms with Gasteiger partial charge in [0, 0.05) is 31.2 Å². The van der Waals surface area contributed by atoms with Gasteiger partial charge in [-0.2, -0.15) is 0 Å². The van der Waals surface area contributed by atoms with Crippen molar-refractivity contribution in [3.63, 3.8) is 0 Å². The molecule has 0 unspecified atom stereocenters. The quantitative estimate of drug-likeness (QED) is 0.920. The molecule has 1 saturated heterocycles. The summed E-state index contributed by atoms with van der Waals surface area (Å²) in [7, 11) is 2.08. The minimum absolute atomic E-state index is 0.148. The van der Waals surface area contributed by atoms with E-state index in [1.54, 1.807) is 26.0 Å². The summed E-state index contributed by atoms with van der Waals surface area (Å²) < 4.78 is 5.85. The smallest absolute Gasteiger partial charge is 0.277 e. The van der Waals surface area contributed by atoms with Crippen molar-refractivity contribution >= 4 is 17.5 Å². The van der Waals surface area contributed by atoms with Crippen molar-refractivity contribution < 1.29 is 9.53 Å². The van der Waals surface area contributed by atoms with E-state index in [-0.39, 0.29) is 5.91 Å². The van der Waals surface area contributed by atoms with E-state index in [0.717, 1.165) is 31.7 Å². The molecule has 0 saturated carbocycles. The van der Waals surface area contributed by atoms with Gasteiger partial charge < -0.3 is 9.64 Å². The second-order valence-electron chi connectivity index (χ2n) is 6.25. The monoisotopic (exact) mass is 325 g/mol. The number of benzene rings is 1. The van der Waals surface area contributed by atoms with E-state index < -0.39 is 5.60 Å². The molecule has 0 atom stereocenters. The molecule has 1 aliphatic heterocycles. The van der Waals surface area contributed by atoms with E-state index in [1.807, 2.05) is 18.0 Å². The van der Waals surface area contributed by atoms with Crippen molar-refractivity contribution in [3.8, 4) is 5.75 Å². The molecule has 0 spiro atoms. The van der Waals surface area contributed by atoms with Crippen molar-refractivity contribution in [2.75, 3.05) is 33.2 Å². The summed E-state index contributed by atoms with van der Waals surface area (Å²) in [6.45, 7) is 8.96. The second-order valence-corrected chi connectivity index (χ2v) is 6.66. The minimum Gasteiger partial charge on any atom is -0.478 e. The molecule has 1 heterocycles. The van der Waals surface area contributed by atoms with Gasteiger partial charge in [0.25, 0.3) is 5.91 Å². The average Bonchev–Trinajstić information content (AvgIpc) is 2.45. The molecule has 6 heteroatoms. The lowest BCUT2D eigenvalue weighted by atomic mass is 10.1. The Morgan fingerprint density at radius 1 is 1.27 bits per heavy atom. The molecule has 1 N–H and O–H groups in total. The van der Waals surface area contributed by atoms with Gasteiger partial charge in [0.05, 0.1) is 0 Å². The van der Waals surface area contributed by atoms with Crippen LogP contribution in [0.25, 0.3) is 0 Å². The molecule has 1 aliphatic rings. The number of piperazine rings is 1. The summed E-state index contributed by atoms with van der Waals surface area (Å²) in [6.07, 6.45) is 0. The largest absolute Gasteiger partial charge is 0.478 e. The highest BCUT2D eigenvalue weighted by atomic mass is 35.5. The van der Waals surface area contributed by atoms with Crippen LogP contribution in [0, 0.1) is 6.92 Å². The maximum atomic E-state index is 12.5. The molecule has 5 nitrogen and oxygen atoms in total. The number of likely N-dealkylation sites (N-methyl/N-ethyl adjacent to an activating group) is 1. The van der Waals surface area contributed by atoms with Gasteiger partial charge in [0.1, 0.15) is 5.75 Å². The Morgan fingerprint density at radius 2 is 1.91 bits per heavy atom. The van der Waals surface area contributed by atoms with E-state index in [4.69, 9.17) is 16.3 Å². The van der Waals surface area contributed by atoms with E-state index in [1.165, 1.54) is 0 Å². The van der Waals surface area contributed by atoms with E-state index in [2.05, 4.69) is 17.4 Å². The number of aryl methyl sites for hydroxylation is 1. The molecule has 0 aromatic heterocycles. The number of halogens is 1. The summed E-state index contributed by atoms with van der Waals surface area (Å²) in [5.74, 6) is 0.491. The van der Waals surface area contributed by atoms with Crippen LogP contribution in [0.3, 0.4) is 0 Å². The van der Waals surface area contributed by atoms with Gasteiger partial charge in [-0.1, -0.05) is 11.6 Å². The lowest BCUT2D eigenvalue weighted by Crippen LogP contribution is -2.57. The molecule has 122 valence electrons. The Labute approximate surface area is 137 Å². The second kappa shape index (κ2) is 6.86. The molecule has 1 amide bonds. The van der Waals surface area contributed by atoms with Crippen molar-refractivity contribution in [1.82, 2.24) is 15.3 Å². The third-order valence-electron chi connectivity index (χ3n) is 3.81. The maximum absolute atomic E-state index is 12.5. The Kier molecular flexibility index (Phi) is 5.32. The van der Waals surface area contributed by atoms with Crippen molar-refractivity contribution in [2.45, 2.75) is 26.4 Å². The van der Waals surface area contributed by atoms with Gasteiger partial charge in [0.15, 0.2) is 5.60 Å². The third kappa shape index (κ3) is 4.35. The molecule has 1 aromatic rings. The van der Waals surface area contributed by atoms with E-state index >= 15 is 0 Å². The number of ether oxygens (including phenoxy) is 1. The minimum atomic E-state index is -0.955. The molecular formula is C16H24ClN3O2. The highest BCUT2D eigenvalue weighted by Gasteiger charge is 2.32. The first-order chi connectivity index (χ1) is 10.3. The number of nitrogens with one attached hydrogen (secondary N) is 1. The summed E-state index contributed by atoms with van der Waals surface area (Å²) in [5, 5.41) is 2.63. The van der Waals surface area contributed by atoms with Gasteiger partial charge in [-0.05, 0) is 51.6 Å². The lowest BCUT2D eigenvalue weighted by Gasteiger charge is -2.35. The molecule has 0 bridgehead atoms. The standard InChI is InChI=1S/C16H24ClN3O2/c1-12-11-13(5-6-14(12)17)22-16(2,3)15(21)18-20-9-7-19(4)8-10-20/h5-6,11H,7-10H2,1-4H3,(H,18,21). The number of hydrogen-bond donors (Lipinski definition) is 1. The molecule has 2 rings (SSSR count). The highest BCUT2D eigenvalue weighted by molar-refractivity contribution is 6.31. The number of hydrogen-bond acceptors (Lipinski definition) is 4. The van der Waals surface area contributed by atoms with Crippen LogP contribution >= 0.6 is 11.6 Å². The van der Waals surface area contributed by atoms with Crippen LogP contribution in [0.15, 0.2) is 18.2 Å². The number of carbonyl (C=O) groups is 1. The molecule has 0 radical (unpaired) electrons. The van der Waals surface area contributed by atoms with Crippen LogP contribution in [0.4, 0.5) is 0 Å². The zero-order valence-corrected chi connectivity index (χ0v) is 14.4. The molecule has 1 fully saturated rings. The Bertz CT molecular complexity index is 540. The summed E-state index contributed by atoms with van der Waals surface area (Å²) in [5.41, 5.74) is 2.91. The first-order valence-electron chi connectivity index (χ1n) is 7.48. The lowest BCUT2D eigenvalue weighted by molar-refractivity contribution is -0.140. The highest BCUT2D eigenvalue weighted by Crippen LogP contribution is 2.24. The van der Waals surface area contributed by atoms with Crippen LogP contribution < -0.4 is 10.2 Å². The normalized spacial score (nSPS) is 17.3. The van der Waals surface area contributed by atoms with Crippen LogP contribution in [0.5, 0.6) is 5.75 Å². The van der Waals surface area contributed by atoms with Crippen LogP contribution in [-0.4, -0.2) is 54.6 Å². The summed E-state index contributed by atoms with van der Waals surface area (Å²) in [4.78, 5) is 14.7.